The largest absolute Gasteiger partial charge is 0.349 e. The number of rotatable bonds is 8. The van der Waals surface area contributed by atoms with E-state index in [9.17, 15) is 13.6 Å². The van der Waals surface area contributed by atoms with E-state index in [0.717, 1.165) is 43.1 Å². The molecule has 0 radical (unpaired) electrons. The number of aryl methyl sites for hydroxylation is 1. The average Bonchev–Trinajstić information content (AvgIpc) is 3.50. The van der Waals surface area contributed by atoms with Crippen molar-refractivity contribution in [2.45, 2.75) is 109 Å². The van der Waals surface area contributed by atoms with Gasteiger partial charge in [-0.05, 0) is 69.9 Å². The lowest BCUT2D eigenvalue weighted by molar-refractivity contribution is -0.130. The monoisotopic (exact) mass is 527 g/mol. The summed E-state index contributed by atoms with van der Waals surface area (Å²) < 4.78 is 29.7. The number of halogens is 2. The van der Waals surface area contributed by atoms with E-state index in [1.54, 1.807) is 0 Å². The summed E-state index contributed by atoms with van der Waals surface area (Å²) >= 11 is 0. The van der Waals surface area contributed by atoms with Gasteiger partial charge in [0.25, 0.3) is 0 Å². The Bertz CT molecular complexity index is 1080. The summed E-state index contributed by atoms with van der Waals surface area (Å²) in [6, 6.07) is 11.0. The Morgan fingerprint density at radius 3 is 2.55 bits per heavy atom. The molecule has 208 valence electrons. The van der Waals surface area contributed by atoms with Gasteiger partial charge in [0.05, 0.1) is 6.04 Å². The summed E-state index contributed by atoms with van der Waals surface area (Å²) in [6.07, 6.45) is 5.71. The molecular weight excluding hydrogens is 484 g/mol. The third-order valence-corrected chi connectivity index (χ3v) is 9.21. The number of aromatic nitrogens is 3. The second-order valence-corrected chi connectivity index (χ2v) is 12.2. The summed E-state index contributed by atoms with van der Waals surface area (Å²) in [6.45, 7) is 8.43. The number of carbonyl (C=O) groups excluding carboxylic acids is 1. The lowest BCUT2D eigenvalue weighted by Gasteiger charge is -2.38. The van der Waals surface area contributed by atoms with Crippen molar-refractivity contribution in [2.75, 3.05) is 13.1 Å². The fourth-order valence-corrected chi connectivity index (χ4v) is 7.17. The van der Waals surface area contributed by atoms with Crippen LogP contribution in [0.25, 0.3) is 0 Å². The van der Waals surface area contributed by atoms with Crippen LogP contribution in [0.3, 0.4) is 0 Å². The van der Waals surface area contributed by atoms with Crippen molar-refractivity contribution in [1.29, 1.82) is 0 Å². The van der Waals surface area contributed by atoms with Gasteiger partial charge in [0.1, 0.15) is 11.6 Å². The molecule has 1 aromatic heterocycles. The zero-order chi connectivity index (χ0) is 26.9. The molecule has 3 fully saturated rings. The number of hydrogen-bond donors (Lipinski definition) is 1. The van der Waals surface area contributed by atoms with Crippen LogP contribution >= 0.6 is 0 Å². The maximum absolute atomic E-state index is 13.7. The third-order valence-electron chi connectivity index (χ3n) is 9.21. The minimum atomic E-state index is -2.62. The van der Waals surface area contributed by atoms with Gasteiger partial charge in [-0.2, -0.15) is 0 Å². The van der Waals surface area contributed by atoms with Crippen molar-refractivity contribution in [1.82, 2.24) is 25.0 Å². The fourth-order valence-electron chi connectivity index (χ4n) is 7.17. The molecule has 1 aromatic carbocycles. The molecule has 2 aliphatic carbocycles. The summed E-state index contributed by atoms with van der Waals surface area (Å²) in [7, 11) is 0. The van der Waals surface area contributed by atoms with Gasteiger partial charge in [0, 0.05) is 43.3 Å². The lowest BCUT2D eigenvalue weighted by atomic mass is 9.86. The van der Waals surface area contributed by atoms with E-state index in [-0.39, 0.29) is 43.6 Å². The predicted octanol–water partition coefficient (Wildman–Crippen LogP) is 6.20. The van der Waals surface area contributed by atoms with Crippen molar-refractivity contribution >= 4 is 5.91 Å². The molecule has 1 saturated heterocycles. The number of amides is 1. The van der Waals surface area contributed by atoms with E-state index in [0.29, 0.717) is 23.9 Å². The number of nitrogens with one attached hydrogen (secondary N) is 1. The predicted molar refractivity (Wildman–Crippen MR) is 144 cm³/mol. The van der Waals surface area contributed by atoms with Crippen molar-refractivity contribution < 1.29 is 13.6 Å². The minimum Gasteiger partial charge on any atom is -0.349 e. The summed E-state index contributed by atoms with van der Waals surface area (Å²) in [5.74, 6) is 0.0981. The number of nitrogens with zero attached hydrogens (tertiary/aromatic N) is 4. The maximum atomic E-state index is 13.7. The van der Waals surface area contributed by atoms with Crippen LogP contribution < -0.4 is 5.32 Å². The lowest BCUT2D eigenvalue weighted by Crippen LogP contribution is -2.44. The Hall–Kier alpha value is -2.35. The topological polar surface area (TPSA) is 63.1 Å². The maximum Gasteiger partial charge on any atom is 0.248 e. The first-order chi connectivity index (χ1) is 18.2. The van der Waals surface area contributed by atoms with Crippen LogP contribution in [0.15, 0.2) is 30.3 Å². The second-order valence-electron chi connectivity index (χ2n) is 12.2. The first-order valence-electron chi connectivity index (χ1n) is 14.6. The normalized spacial score (nSPS) is 26.8. The zero-order valence-electron chi connectivity index (χ0n) is 23.1. The van der Waals surface area contributed by atoms with Crippen LogP contribution in [0.2, 0.25) is 0 Å². The highest BCUT2D eigenvalue weighted by Crippen LogP contribution is 2.44. The van der Waals surface area contributed by atoms with Gasteiger partial charge in [-0.25, -0.2) is 8.78 Å². The Balaban J connectivity index is 1.25. The van der Waals surface area contributed by atoms with Crippen LogP contribution in [-0.4, -0.2) is 50.6 Å². The molecule has 8 heteroatoms. The first kappa shape index (κ1) is 27.2. The number of hydrogen-bond acceptors (Lipinski definition) is 4. The highest BCUT2D eigenvalue weighted by atomic mass is 19.3. The Kier molecular flexibility index (Phi) is 8.17. The molecule has 38 heavy (non-hydrogen) atoms. The Labute approximate surface area is 225 Å². The number of benzene rings is 1. The van der Waals surface area contributed by atoms with Gasteiger partial charge >= 0.3 is 0 Å². The van der Waals surface area contributed by atoms with Gasteiger partial charge in [-0.3, -0.25) is 9.69 Å². The molecule has 0 bridgehead atoms. The number of alkyl halides is 2. The molecule has 1 aliphatic heterocycles. The Morgan fingerprint density at radius 2 is 1.84 bits per heavy atom. The molecule has 1 amide bonds. The van der Waals surface area contributed by atoms with Gasteiger partial charge in [0.2, 0.25) is 11.8 Å². The van der Waals surface area contributed by atoms with Crippen LogP contribution in [-0.2, 0) is 4.79 Å². The van der Waals surface area contributed by atoms with Crippen LogP contribution in [0.1, 0.15) is 107 Å². The van der Waals surface area contributed by atoms with Crippen LogP contribution in [0.4, 0.5) is 8.78 Å². The van der Waals surface area contributed by atoms with Crippen LogP contribution in [0.5, 0.6) is 0 Å². The number of fused-ring (bicyclic) bond motifs is 1. The van der Waals surface area contributed by atoms with E-state index >= 15 is 0 Å². The molecule has 2 heterocycles. The quantitative estimate of drug-likeness (QED) is 0.444. The molecule has 4 atom stereocenters. The molecule has 3 unspecified atom stereocenters. The molecular formula is C30H43F2N5O. The summed E-state index contributed by atoms with van der Waals surface area (Å²) in [4.78, 5) is 15.8. The minimum absolute atomic E-state index is 0.0731. The van der Waals surface area contributed by atoms with Crippen LogP contribution in [0, 0.1) is 18.8 Å². The van der Waals surface area contributed by atoms with E-state index in [2.05, 4.69) is 57.9 Å². The van der Waals surface area contributed by atoms with Gasteiger partial charge in [0.15, 0.2) is 0 Å². The van der Waals surface area contributed by atoms with Crippen molar-refractivity contribution in [3.63, 3.8) is 0 Å². The zero-order valence-corrected chi connectivity index (χ0v) is 23.1. The molecule has 3 aliphatic rings. The SMILES string of the molecule is Cc1nnc(C(C)C)n1C1CC2CCCN(CC[C@H](NC(=O)C3CCC(F)(F)CC3)c3ccccc3)C2C1. The molecule has 2 saturated carbocycles. The smallest absolute Gasteiger partial charge is 0.248 e. The third kappa shape index (κ3) is 5.95. The second kappa shape index (κ2) is 11.4. The summed E-state index contributed by atoms with van der Waals surface area (Å²) in [5.41, 5.74) is 1.08. The van der Waals surface area contributed by atoms with E-state index in [4.69, 9.17) is 0 Å². The molecule has 0 spiro atoms. The molecule has 2 aromatic rings. The van der Waals surface area contributed by atoms with Crippen molar-refractivity contribution in [3.8, 4) is 0 Å². The highest BCUT2D eigenvalue weighted by molar-refractivity contribution is 5.79. The van der Waals surface area contributed by atoms with Crippen molar-refractivity contribution in [2.24, 2.45) is 11.8 Å². The van der Waals surface area contributed by atoms with Crippen molar-refractivity contribution in [3.05, 3.63) is 47.5 Å². The van der Waals surface area contributed by atoms with E-state index < -0.39 is 5.92 Å². The number of piperidine rings is 1. The Morgan fingerprint density at radius 1 is 1.11 bits per heavy atom. The molecule has 1 N–H and O–H groups in total. The highest BCUT2D eigenvalue weighted by Gasteiger charge is 2.42. The van der Waals surface area contributed by atoms with E-state index in [1.165, 1.54) is 19.3 Å². The molecule has 5 rings (SSSR count). The number of likely N-dealkylation sites (tertiary alicyclic amines) is 1. The van der Waals surface area contributed by atoms with Gasteiger partial charge < -0.3 is 9.88 Å². The summed E-state index contributed by atoms with van der Waals surface area (Å²) in [5, 5.41) is 12.1. The average molecular weight is 528 g/mol. The van der Waals surface area contributed by atoms with Gasteiger partial charge in [-0.1, -0.05) is 44.2 Å². The molecule has 6 nitrogen and oxygen atoms in total. The standard InChI is InChI=1S/C30H43F2N5O/c1-20(2)28-35-34-21(3)37(28)25-18-24-10-7-16-36(27(24)19-25)17-13-26(22-8-5-4-6-9-22)33-29(38)23-11-14-30(31,32)15-12-23/h4-6,8-9,20,23-27H,7,10-19H2,1-3H3,(H,33,38)/t24?,25?,26-,27?/m0/s1. The first-order valence-corrected chi connectivity index (χ1v) is 14.6. The fraction of sp³-hybridized carbons (Fsp3) is 0.700. The van der Waals surface area contributed by atoms with Gasteiger partial charge in [-0.15, -0.1) is 10.2 Å². The van der Waals surface area contributed by atoms with E-state index in [1.807, 2.05) is 18.2 Å². The number of carbonyl (C=O) groups is 1.